The first-order valence-corrected chi connectivity index (χ1v) is 4.53. The Hall–Kier alpha value is -0.830. The fourth-order valence-corrected chi connectivity index (χ4v) is 1.70. The molecule has 0 bridgehead atoms. The molecule has 1 rings (SSSR count). The van der Waals surface area contributed by atoms with Crippen molar-refractivity contribution in [2.75, 3.05) is 6.61 Å². The van der Waals surface area contributed by atoms with Crippen molar-refractivity contribution in [1.82, 2.24) is 0 Å². The van der Waals surface area contributed by atoms with Gasteiger partial charge in [-0.05, 0) is 24.8 Å². The Labute approximate surface area is 78.4 Å². The smallest absolute Gasteiger partial charge is 0.340 e. The Kier molecular flexibility index (Phi) is 2.76. The molecule has 0 fully saturated rings. The molecule has 74 valence electrons. The van der Waals surface area contributed by atoms with Gasteiger partial charge in [-0.25, -0.2) is 4.79 Å². The number of hydrogen-bond donors (Lipinski definition) is 1. The summed E-state index contributed by atoms with van der Waals surface area (Å²) >= 11 is 0. The maximum atomic E-state index is 11.1. The highest BCUT2D eigenvalue weighted by molar-refractivity contribution is 5.82. The van der Waals surface area contributed by atoms with E-state index in [-0.39, 0.29) is 0 Å². The van der Waals surface area contributed by atoms with Gasteiger partial charge >= 0.3 is 5.97 Å². The predicted molar refractivity (Wildman–Crippen MR) is 49.5 cm³/mol. The Morgan fingerprint density at radius 3 is 2.69 bits per heavy atom. The van der Waals surface area contributed by atoms with Gasteiger partial charge in [0.25, 0.3) is 0 Å². The second-order valence-corrected chi connectivity index (χ2v) is 3.93. The van der Waals surface area contributed by atoms with Gasteiger partial charge in [0, 0.05) is 0 Å². The Bertz CT molecular complexity index is 243. The molecule has 1 N–H and O–H groups in total. The van der Waals surface area contributed by atoms with E-state index in [9.17, 15) is 4.79 Å². The minimum Gasteiger partial charge on any atom is -0.479 e. The topological polar surface area (TPSA) is 46.5 Å². The molecule has 1 heterocycles. The summed E-state index contributed by atoms with van der Waals surface area (Å²) in [6, 6.07) is 0. The van der Waals surface area contributed by atoms with Gasteiger partial charge < -0.3 is 9.84 Å². The van der Waals surface area contributed by atoms with Gasteiger partial charge in [0.05, 0.1) is 6.61 Å². The van der Waals surface area contributed by atoms with E-state index >= 15 is 0 Å². The number of aliphatic carboxylic acids is 1. The van der Waals surface area contributed by atoms with Crippen LogP contribution in [0.4, 0.5) is 0 Å². The molecule has 1 aliphatic rings. The van der Waals surface area contributed by atoms with Crippen molar-refractivity contribution in [1.29, 1.82) is 0 Å². The molecule has 13 heavy (non-hydrogen) atoms. The van der Waals surface area contributed by atoms with Gasteiger partial charge in [-0.3, -0.25) is 0 Å². The lowest BCUT2D eigenvalue weighted by Gasteiger charge is -2.27. The number of ether oxygens (including phenoxy) is 1. The molecule has 0 aromatic heterocycles. The molecule has 0 aromatic carbocycles. The predicted octanol–water partition coefficient (Wildman–Crippen LogP) is 1.83. The number of carbonyl (C=O) groups is 1. The summed E-state index contributed by atoms with van der Waals surface area (Å²) in [6.45, 7) is 6.24. The maximum absolute atomic E-state index is 11.1. The highest BCUT2D eigenvalue weighted by Gasteiger charge is 2.44. The third kappa shape index (κ3) is 1.75. The zero-order valence-electron chi connectivity index (χ0n) is 8.33. The standard InChI is InChI=1S/C10H16O3/c1-7(2)6-10(9(11)12)8(3)4-5-13-10/h4,7H,5-6H2,1-3H3,(H,11,12)/t10-/m0/s1. The average Bonchev–Trinajstić information content (AvgIpc) is 2.32. The molecule has 0 unspecified atom stereocenters. The monoisotopic (exact) mass is 184 g/mol. The van der Waals surface area contributed by atoms with Crippen molar-refractivity contribution in [3.63, 3.8) is 0 Å². The summed E-state index contributed by atoms with van der Waals surface area (Å²) in [5.41, 5.74) is -0.220. The first-order chi connectivity index (χ1) is 5.99. The minimum absolute atomic E-state index is 0.317. The largest absolute Gasteiger partial charge is 0.479 e. The van der Waals surface area contributed by atoms with Crippen molar-refractivity contribution in [2.45, 2.75) is 32.8 Å². The molecular weight excluding hydrogens is 168 g/mol. The highest BCUT2D eigenvalue weighted by Crippen LogP contribution is 2.33. The lowest BCUT2D eigenvalue weighted by molar-refractivity contribution is -0.159. The van der Waals surface area contributed by atoms with E-state index in [1.807, 2.05) is 26.8 Å². The number of carboxylic acids is 1. The van der Waals surface area contributed by atoms with Crippen LogP contribution in [-0.2, 0) is 9.53 Å². The minimum atomic E-state index is -1.05. The van der Waals surface area contributed by atoms with Gasteiger partial charge in [-0.1, -0.05) is 19.9 Å². The van der Waals surface area contributed by atoms with E-state index in [1.165, 1.54) is 0 Å². The van der Waals surface area contributed by atoms with E-state index in [1.54, 1.807) is 0 Å². The lowest BCUT2D eigenvalue weighted by Crippen LogP contribution is -2.41. The quantitative estimate of drug-likeness (QED) is 0.681. The van der Waals surface area contributed by atoms with Crippen LogP contribution in [0, 0.1) is 5.92 Å². The fourth-order valence-electron chi connectivity index (χ4n) is 1.70. The van der Waals surface area contributed by atoms with Gasteiger partial charge in [0.15, 0.2) is 5.60 Å². The van der Waals surface area contributed by atoms with Gasteiger partial charge in [-0.2, -0.15) is 0 Å². The van der Waals surface area contributed by atoms with E-state index in [2.05, 4.69) is 0 Å². The Morgan fingerprint density at radius 2 is 2.38 bits per heavy atom. The van der Waals surface area contributed by atoms with Crippen LogP contribution >= 0.6 is 0 Å². The zero-order valence-corrected chi connectivity index (χ0v) is 8.33. The normalized spacial score (nSPS) is 27.8. The second-order valence-electron chi connectivity index (χ2n) is 3.93. The molecule has 1 atom stereocenters. The van der Waals surface area contributed by atoms with E-state index in [0.29, 0.717) is 18.9 Å². The zero-order chi connectivity index (χ0) is 10.1. The lowest BCUT2D eigenvalue weighted by atomic mass is 9.87. The van der Waals surface area contributed by atoms with Crippen molar-refractivity contribution in [3.8, 4) is 0 Å². The van der Waals surface area contributed by atoms with Crippen LogP contribution < -0.4 is 0 Å². The molecule has 3 heteroatoms. The van der Waals surface area contributed by atoms with Crippen LogP contribution in [0.15, 0.2) is 11.6 Å². The molecule has 0 amide bonds. The molecule has 0 aromatic rings. The highest BCUT2D eigenvalue weighted by atomic mass is 16.5. The third-order valence-corrected chi connectivity index (χ3v) is 2.40. The van der Waals surface area contributed by atoms with Crippen molar-refractivity contribution < 1.29 is 14.6 Å². The van der Waals surface area contributed by atoms with Gasteiger partial charge in [0.2, 0.25) is 0 Å². The molecule has 3 nitrogen and oxygen atoms in total. The van der Waals surface area contributed by atoms with Crippen molar-refractivity contribution in [3.05, 3.63) is 11.6 Å². The van der Waals surface area contributed by atoms with Crippen LogP contribution in [0.5, 0.6) is 0 Å². The van der Waals surface area contributed by atoms with Crippen molar-refractivity contribution >= 4 is 5.97 Å². The van der Waals surface area contributed by atoms with Crippen LogP contribution in [0.2, 0.25) is 0 Å². The molecule has 0 aliphatic carbocycles. The molecule has 0 spiro atoms. The summed E-state index contributed by atoms with van der Waals surface area (Å²) in [7, 11) is 0. The van der Waals surface area contributed by atoms with Crippen LogP contribution in [0.25, 0.3) is 0 Å². The summed E-state index contributed by atoms with van der Waals surface area (Å²) in [4.78, 5) is 11.1. The fraction of sp³-hybridized carbons (Fsp3) is 0.700. The number of hydrogen-bond acceptors (Lipinski definition) is 2. The number of carboxylic acid groups (broad SMARTS) is 1. The SMILES string of the molecule is CC1=CCO[C@]1(CC(C)C)C(=O)O. The van der Waals surface area contributed by atoms with Crippen LogP contribution in [0.1, 0.15) is 27.2 Å². The average molecular weight is 184 g/mol. The van der Waals surface area contributed by atoms with Crippen LogP contribution in [-0.4, -0.2) is 23.3 Å². The molecule has 1 aliphatic heterocycles. The van der Waals surface area contributed by atoms with Crippen LogP contribution in [0.3, 0.4) is 0 Å². The Balaban J connectivity index is 2.89. The van der Waals surface area contributed by atoms with Gasteiger partial charge in [0.1, 0.15) is 0 Å². The summed E-state index contributed by atoms with van der Waals surface area (Å²) < 4.78 is 5.33. The van der Waals surface area contributed by atoms with Gasteiger partial charge in [-0.15, -0.1) is 0 Å². The Morgan fingerprint density at radius 1 is 1.77 bits per heavy atom. The molecule has 0 radical (unpaired) electrons. The number of rotatable bonds is 3. The second kappa shape index (κ2) is 3.50. The summed E-state index contributed by atoms with van der Waals surface area (Å²) in [5.74, 6) is -0.551. The molecular formula is C10H16O3. The first-order valence-electron chi connectivity index (χ1n) is 4.53. The molecule has 0 saturated heterocycles. The summed E-state index contributed by atoms with van der Waals surface area (Å²) in [5, 5.41) is 9.12. The third-order valence-electron chi connectivity index (χ3n) is 2.40. The van der Waals surface area contributed by atoms with E-state index in [4.69, 9.17) is 9.84 Å². The maximum Gasteiger partial charge on any atom is 0.340 e. The molecule has 0 saturated carbocycles. The van der Waals surface area contributed by atoms with E-state index < -0.39 is 11.6 Å². The van der Waals surface area contributed by atoms with Crippen molar-refractivity contribution in [2.24, 2.45) is 5.92 Å². The van der Waals surface area contributed by atoms with E-state index in [0.717, 1.165) is 5.57 Å². The summed E-state index contributed by atoms with van der Waals surface area (Å²) in [6.07, 6.45) is 2.39. The first kappa shape index (κ1) is 10.3.